The van der Waals surface area contributed by atoms with Crippen molar-refractivity contribution in [2.24, 2.45) is 0 Å². The van der Waals surface area contributed by atoms with Crippen molar-refractivity contribution >= 4 is 16.5 Å². The highest BCUT2D eigenvalue weighted by Crippen LogP contribution is 2.33. The molecule has 1 aromatic heterocycles. The minimum atomic E-state index is -2.86. The zero-order valence-corrected chi connectivity index (χ0v) is 15.7. The number of nitriles is 1. The number of furan rings is 1. The lowest BCUT2D eigenvalue weighted by atomic mass is 10.0. The molecule has 2 aromatic carbocycles. The van der Waals surface area contributed by atoms with E-state index in [0.29, 0.717) is 23.5 Å². The van der Waals surface area contributed by atoms with Crippen molar-refractivity contribution in [1.29, 1.82) is 5.26 Å². The van der Waals surface area contributed by atoms with Gasteiger partial charge in [-0.25, -0.2) is 8.78 Å². The van der Waals surface area contributed by atoms with Crippen LogP contribution < -0.4 is 5.32 Å². The van der Waals surface area contributed by atoms with Gasteiger partial charge >= 0.3 is 0 Å². The first kappa shape index (κ1) is 19.4. The first-order valence-electron chi connectivity index (χ1n) is 8.82. The zero-order chi connectivity index (χ0) is 20.3. The second kappa shape index (κ2) is 7.69. The summed E-state index contributed by atoms with van der Waals surface area (Å²) in [6.45, 7) is 4.63. The average molecular weight is 378 g/mol. The molecule has 0 spiro atoms. The van der Waals surface area contributed by atoms with Crippen LogP contribution in [-0.4, -0.2) is 7.05 Å². The number of rotatable bonds is 6. The van der Waals surface area contributed by atoms with E-state index in [0.717, 1.165) is 29.0 Å². The Bertz CT molecular complexity index is 1080. The van der Waals surface area contributed by atoms with Crippen molar-refractivity contribution in [1.82, 2.24) is 5.32 Å². The van der Waals surface area contributed by atoms with E-state index in [4.69, 9.17) is 4.42 Å². The minimum Gasteiger partial charge on any atom is -0.456 e. The quantitative estimate of drug-likeness (QED) is 0.408. The highest BCUT2D eigenvalue weighted by atomic mass is 19.3. The summed E-state index contributed by atoms with van der Waals surface area (Å²) < 4.78 is 32.7. The van der Waals surface area contributed by atoms with Crippen LogP contribution in [0.5, 0.6) is 0 Å². The summed E-state index contributed by atoms with van der Waals surface area (Å²) in [5.74, 6) is -2.26. The van der Waals surface area contributed by atoms with Gasteiger partial charge in [0.25, 0.3) is 5.92 Å². The predicted molar refractivity (Wildman–Crippen MR) is 108 cm³/mol. The second-order valence-corrected chi connectivity index (χ2v) is 6.54. The van der Waals surface area contributed by atoms with E-state index in [2.05, 4.69) is 18.0 Å². The van der Waals surface area contributed by atoms with Crippen LogP contribution in [0.2, 0.25) is 0 Å². The van der Waals surface area contributed by atoms with Crippen LogP contribution in [-0.2, 0) is 5.92 Å². The Labute approximate surface area is 162 Å². The SMILES string of the molecule is C=CC/C(=C(/C#N)NC)c1cc2cc(-c3ccc(C(C)(F)F)cc3)ccc2o1. The second-order valence-electron chi connectivity index (χ2n) is 6.54. The maximum atomic E-state index is 13.4. The van der Waals surface area contributed by atoms with E-state index in [1.165, 1.54) is 12.1 Å². The zero-order valence-electron chi connectivity index (χ0n) is 15.7. The Balaban J connectivity index is 2.02. The van der Waals surface area contributed by atoms with E-state index in [9.17, 15) is 14.0 Å². The Morgan fingerprint density at radius 1 is 1.18 bits per heavy atom. The molecule has 0 aliphatic heterocycles. The van der Waals surface area contributed by atoms with Crippen LogP contribution in [0.15, 0.2) is 71.3 Å². The van der Waals surface area contributed by atoms with E-state index >= 15 is 0 Å². The molecule has 28 heavy (non-hydrogen) atoms. The van der Waals surface area contributed by atoms with Gasteiger partial charge in [0.1, 0.15) is 23.1 Å². The summed E-state index contributed by atoms with van der Waals surface area (Å²) in [5, 5.41) is 13.1. The number of nitrogens with one attached hydrogen (secondary N) is 1. The molecule has 3 nitrogen and oxygen atoms in total. The van der Waals surface area contributed by atoms with Gasteiger partial charge in [0.15, 0.2) is 0 Å². The summed E-state index contributed by atoms with van der Waals surface area (Å²) >= 11 is 0. The highest BCUT2D eigenvalue weighted by molar-refractivity contribution is 5.87. The molecular weight excluding hydrogens is 358 g/mol. The summed E-state index contributed by atoms with van der Waals surface area (Å²) in [7, 11) is 1.69. The fourth-order valence-corrected chi connectivity index (χ4v) is 3.07. The standard InChI is InChI=1S/C23H20F2N2O/c1-4-5-19(20(14-26)27-3)22-13-17-12-16(8-11-21(17)28-22)15-6-9-18(10-7-15)23(2,24)25/h4,6-13,27H,1,5H2,2-3H3/b20-19+. The molecule has 1 N–H and O–H groups in total. The fraction of sp³-hybridized carbons (Fsp3) is 0.174. The molecule has 0 bridgehead atoms. The van der Waals surface area contributed by atoms with Gasteiger partial charge < -0.3 is 9.73 Å². The van der Waals surface area contributed by atoms with Gasteiger partial charge in [-0.1, -0.05) is 36.4 Å². The molecule has 142 valence electrons. The first-order valence-corrected chi connectivity index (χ1v) is 8.82. The van der Waals surface area contributed by atoms with E-state index < -0.39 is 5.92 Å². The molecule has 3 rings (SSSR count). The molecule has 0 saturated heterocycles. The number of benzene rings is 2. The topological polar surface area (TPSA) is 49.0 Å². The third-order valence-corrected chi connectivity index (χ3v) is 4.55. The van der Waals surface area contributed by atoms with Crippen LogP contribution in [0.1, 0.15) is 24.7 Å². The lowest BCUT2D eigenvalue weighted by Crippen LogP contribution is -2.06. The number of hydrogen-bond acceptors (Lipinski definition) is 3. The molecule has 0 saturated carbocycles. The molecular formula is C23H20F2N2O. The smallest absolute Gasteiger partial charge is 0.270 e. The van der Waals surface area contributed by atoms with Gasteiger partial charge in [0.05, 0.1) is 0 Å². The van der Waals surface area contributed by atoms with Crippen LogP contribution >= 0.6 is 0 Å². The molecule has 1 heterocycles. The Morgan fingerprint density at radius 2 is 1.86 bits per heavy atom. The Hall–Kier alpha value is -3.39. The van der Waals surface area contributed by atoms with Gasteiger partial charge in [-0.05, 0) is 35.7 Å². The lowest BCUT2D eigenvalue weighted by Gasteiger charge is -2.11. The van der Waals surface area contributed by atoms with Crippen molar-refractivity contribution in [3.63, 3.8) is 0 Å². The van der Waals surface area contributed by atoms with Crippen molar-refractivity contribution in [2.75, 3.05) is 7.05 Å². The third-order valence-electron chi connectivity index (χ3n) is 4.55. The molecule has 5 heteroatoms. The number of fused-ring (bicyclic) bond motifs is 1. The van der Waals surface area contributed by atoms with Crippen LogP contribution in [0.4, 0.5) is 8.78 Å². The van der Waals surface area contributed by atoms with Gasteiger partial charge in [-0.15, -0.1) is 6.58 Å². The van der Waals surface area contributed by atoms with Crippen molar-refractivity contribution in [3.05, 3.63) is 78.2 Å². The van der Waals surface area contributed by atoms with Crippen LogP contribution in [0.25, 0.3) is 27.7 Å². The maximum Gasteiger partial charge on any atom is 0.270 e. The van der Waals surface area contributed by atoms with Crippen molar-refractivity contribution in [2.45, 2.75) is 19.3 Å². The van der Waals surface area contributed by atoms with E-state index in [-0.39, 0.29) is 5.56 Å². The number of nitrogens with zero attached hydrogens (tertiary/aromatic N) is 1. The monoisotopic (exact) mass is 378 g/mol. The van der Waals surface area contributed by atoms with Gasteiger partial charge in [-0.2, -0.15) is 5.26 Å². The third kappa shape index (κ3) is 3.81. The number of alkyl halides is 2. The van der Waals surface area contributed by atoms with Crippen LogP contribution in [0, 0.1) is 11.3 Å². The number of allylic oxidation sites excluding steroid dienone is 3. The average Bonchev–Trinajstić information content (AvgIpc) is 3.10. The number of halogens is 2. The van der Waals surface area contributed by atoms with Crippen LogP contribution in [0.3, 0.4) is 0 Å². The summed E-state index contributed by atoms with van der Waals surface area (Å²) in [6.07, 6.45) is 2.21. The predicted octanol–water partition coefficient (Wildman–Crippen LogP) is 6.24. The molecule has 0 aliphatic rings. The maximum absolute atomic E-state index is 13.4. The Kier molecular flexibility index (Phi) is 5.32. The molecule has 0 aliphatic carbocycles. The largest absolute Gasteiger partial charge is 0.456 e. The van der Waals surface area contributed by atoms with Gasteiger partial charge in [0.2, 0.25) is 0 Å². The highest BCUT2D eigenvalue weighted by Gasteiger charge is 2.23. The Morgan fingerprint density at radius 3 is 2.43 bits per heavy atom. The molecule has 0 amide bonds. The van der Waals surface area contributed by atoms with Crippen molar-refractivity contribution < 1.29 is 13.2 Å². The van der Waals surface area contributed by atoms with Gasteiger partial charge in [0, 0.05) is 30.5 Å². The summed E-state index contributed by atoms with van der Waals surface area (Å²) in [4.78, 5) is 0. The fourth-order valence-electron chi connectivity index (χ4n) is 3.07. The summed E-state index contributed by atoms with van der Waals surface area (Å²) in [6, 6.07) is 15.9. The van der Waals surface area contributed by atoms with E-state index in [1.54, 1.807) is 25.3 Å². The number of hydrogen-bond donors (Lipinski definition) is 1. The minimum absolute atomic E-state index is 0.0155. The summed E-state index contributed by atoms with van der Waals surface area (Å²) in [5.41, 5.74) is 3.56. The normalized spacial score (nSPS) is 12.4. The molecule has 3 aromatic rings. The van der Waals surface area contributed by atoms with E-state index in [1.807, 2.05) is 24.3 Å². The molecule has 0 radical (unpaired) electrons. The lowest BCUT2D eigenvalue weighted by molar-refractivity contribution is 0.0175. The van der Waals surface area contributed by atoms with Gasteiger partial charge in [-0.3, -0.25) is 0 Å². The molecule has 0 unspecified atom stereocenters. The first-order chi connectivity index (χ1) is 13.4. The molecule has 0 fully saturated rings. The molecule has 0 atom stereocenters. The van der Waals surface area contributed by atoms with Crippen molar-refractivity contribution in [3.8, 4) is 17.2 Å².